The van der Waals surface area contributed by atoms with Crippen molar-refractivity contribution in [3.63, 3.8) is 0 Å². The van der Waals surface area contributed by atoms with Crippen LogP contribution in [0.2, 0.25) is 0 Å². The lowest BCUT2D eigenvalue weighted by Gasteiger charge is -2.27. The van der Waals surface area contributed by atoms with E-state index in [1.54, 1.807) is 6.92 Å². The Bertz CT molecular complexity index is 176. The number of carbonyl (C=O) groups excluding carboxylic acids is 1. The predicted octanol–water partition coefficient (Wildman–Crippen LogP) is 0.742. The molecule has 76 valence electrons. The zero-order valence-electron chi connectivity index (χ0n) is 8.07. The van der Waals surface area contributed by atoms with Crippen LogP contribution in [0.1, 0.15) is 32.6 Å². The molecule has 1 fully saturated rings. The molecule has 0 aromatic heterocycles. The van der Waals surface area contributed by atoms with Gasteiger partial charge >= 0.3 is 0 Å². The number of rotatable bonds is 2. The molecule has 4 heteroatoms. The summed E-state index contributed by atoms with van der Waals surface area (Å²) in [6.07, 6.45) is 3.43. The highest BCUT2D eigenvalue weighted by molar-refractivity contribution is 5.77. The van der Waals surface area contributed by atoms with E-state index in [1.165, 1.54) is 0 Å². The molecule has 1 saturated carbocycles. The summed E-state index contributed by atoms with van der Waals surface area (Å²) in [5.74, 6) is -0.154. The van der Waals surface area contributed by atoms with Crippen molar-refractivity contribution in [2.24, 2.45) is 11.7 Å². The lowest BCUT2D eigenvalue weighted by atomic mass is 9.86. The first-order chi connectivity index (χ1) is 6.15. The molecule has 0 spiro atoms. The minimum absolute atomic E-state index is 0.00949. The van der Waals surface area contributed by atoms with E-state index < -0.39 is 0 Å². The van der Waals surface area contributed by atoms with Crippen LogP contribution >= 0.6 is 0 Å². The second-order valence-corrected chi connectivity index (χ2v) is 3.67. The first-order valence-corrected chi connectivity index (χ1v) is 4.91. The summed E-state index contributed by atoms with van der Waals surface area (Å²) in [4.78, 5) is 11.5. The van der Waals surface area contributed by atoms with Crippen molar-refractivity contribution in [3.8, 4) is 0 Å². The van der Waals surface area contributed by atoms with Crippen LogP contribution in [0.4, 0.5) is 0 Å². The normalized spacial score (nSPS) is 28.5. The highest BCUT2D eigenvalue weighted by Crippen LogP contribution is 2.24. The Kier molecular flexibility index (Phi) is 3.69. The highest BCUT2D eigenvalue weighted by Gasteiger charge is 2.26. The fourth-order valence-electron chi connectivity index (χ4n) is 1.73. The monoisotopic (exact) mass is 186 g/mol. The minimum Gasteiger partial charge on any atom is -0.328 e. The maximum absolute atomic E-state index is 11.5. The molecule has 0 aromatic rings. The van der Waals surface area contributed by atoms with E-state index in [1.807, 2.05) is 0 Å². The highest BCUT2D eigenvalue weighted by atomic mass is 16.5. The molecule has 0 aliphatic heterocycles. The summed E-state index contributed by atoms with van der Waals surface area (Å²) in [7, 11) is 0. The predicted molar refractivity (Wildman–Crippen MR) is 49.1 cm³/mol. The lowest BCUT2D eigenvalue weighted by Crippen LogP contribution is -2.37. The molecule has 0 atom stereocenters. The van der Waals surface area contributed by atoms with Crippen molar-refractivity contribution in [2.45, 2.75) is 38.6 Å². The molecule has 0 saturated heterocycles. The number of amides is 1. The minimum atomic E-state index is -0.144. The first-order valence-electron chi connectivity index (χ1n) is 4.91. The molecule has 0 unspecified atom stereocenters. The van der Waals surface area contributed by atoms with Crippen LogP contribution < -0.4 is 5.73 Å². The Balaban J connectivity index is 2.40. The average molecular weight is 186 g/mol. The number of carbonyl (C=O) groups is 1. The SMILES string of the molecule is CCN(O)C(=O)C1CCC(N)CC1. The van der Waals surface area contributed by atoms with Crippen molar-refractivity contribution in [2.75, 3.05) is 6.54 Å². The molecule has 1 amide bonds. The first kappa shape index (κ1) is 10.5. The van der Waals surface area contributed by atoms with Gasteiger partial charge in [0.2, 0.25) is 5.91 Å². The summed E-state index contributed by atoms with van der Waals surface area (Å²) in [6, 6.07) is 0.248. The van der Waals surface area contributed by atoms with Crippen LogP contribution in [0.25, 0.3) is 0 Å². The Morgan fingerprint density at radius 2 is 2.00 bits per heavy atom. The van der Waals surface area contributed by atoms with Crippen molar-refractivity contribution >= 4 is 5.91 Å². The third-order valence-electron chi connectivity index (χ3n) is 2.68. The van der Waals surface area contributed by atoms with Gasteiger partial charge < -0.3 is 5.73 Å². The van der Waals surface area contributed by atoms with Crippen LogP contribution in [-0.2, 0) is 4.79 Å². The van der Waals surface area contributed by atoms with E-state index >= 15 is 0 Å². The summed E-state index contributed by atoms with van der Waals surface area (Å²) >= 11 is 0. The molecule has 0 aromatic carbocycles. The largest absolute Gasteiger partial charge is 0.328 e. The Labute approximate surface area is 78.7 Å². The molecular weight excluding hydrogens is 168 g/mol. The van der Waals surface area contributed by atoms with Gasteiger partial charge in [0.1, 0.15) is 0 Å². The third kappa shape index (κ3) is 2.67. The molecule has 1 aliphatic carbocycles. The zero-order chi connectivity index (χ0) is 9.84. The van der Waals surface area contributed by atoms with Gasteiger partial charge in [-0.2, -0.15) is 0 Å². The molecule has 13 heavy (non-hydrogen) atoms. The smallest absolute Gasteiger partial charge is 0.249 e. The fourth-order valence-corrected chi connectivity index (χ4v) is 1.73. The molecule has 3 N–H and O–H groups in total. The Hall–Kier alpha value is -0.610. The van der Waals surface area contributed by atoms with Crippen LogP contribution in [-0.4, -0.2) is 28.8 Å². The topological polar surface area (TPSA) is 66.6 Å². The van der Waals surface area contributed by atoms with Gasteiger partial charge in [-0.15, -0.1) is 0 Å². The van der Waals surface area contributed by atoms with E-state index in [0.717, 1.165) is 30.7 Å². The van der Waals surface area contributed by atoms with Crippen molar-refractivity contribution in [1.29, 1.82) is 0 Å². The number of nitrogens with zero attached hydrogens (tertiary/aromatic N) is 1. The zero-order valence-corrected chi connectivity index (χ0v) is 8.07. The van der Waals surface area contributed by atoms with Gasteiger partial charge in [-0.1, -0.05) is 0 Å². The average Bonchev–Trinajstić information content (AvgIpc) is 2.17. The van der Waals surface area contributed by atoms with Gasteiger partial charge in [0.15, 0.2) is 0 Å². The lowest BCUT2D eigenvalue weighted by molar-refractivity contribution is -0.170. The number of hydroxylamine groups is 2. The van der Waals surface area contributed by atoms with Crippen LogP contribution in [0.15, 0.2) is 0 Å². The fraction of sp³-hybridized carbons (Fsp3) is 0.889. The summed E-state index contributed by atoms with van der Waals surface area (Å²) in [5, 5.41) is 10.0. The van der Waals surface area contributed by atoms with E-state index in [-0.39, 0.29) is 17.9 Å². The number of hydrogen-bond acceptors (Lipinski definition) is 3. The standard InChI is InChI=1S/C9H18N2O2/c1-2-11(13)9(12)7-3-5-8(10)6-4-7/h7-8,13H,2-6,10H2,1H3. The second kappa shape index (κ2) is 4.58. The van der Waals surface area contributed by atoms with Gasteiger partial charge in [0.25, 0.3) is 0 Å². The molecule has 1 rings (SSSR count). The molecule has 0 radical (unpaired) electrons. The molecule has 0 heterocycles. The Morgan fingerprint density at radius 1 is 1.46 bits per heavy atom. The molecule has 0 bridgehead atoms. The summed E-state index contributed by atoms with van der Waals surface area (Å²) in [6.45, 7) is 2.12. The summed E-state index contributed by atoms with van der Waals surface area (Å²) in [5.41, 5.74) is 5.72. The van der Waals surface area contributed by atoms with Crippen LogP contribution in [0.5, 0.6) is 0 Å². The van der Waals surface area contributed by atoms with Gasteiger partial charge in [-0.05, 0) is 32.6 Å². The molecular formula is C9H18N2O2. The van der Waals surface area contributed by atoms with Crippen molar-refractivity contribution in [3.05, 3.63) is 0 Å². The van der Waals surface area contributed by atoms with Crippen LogP contribution in [0, 0.1) is 5.92 Å². The number of nitrogens with two attached hydrogens (primary N) is 1. The van der Waals surface area contributed by atoms with E-state index in [9.17, 15) is 10.0 Å². The van der Waals surface area contributed by atoms with Gasteiger partial charge in [0.05, 0.1) is 0 Å². The quantitative estimate of drug-likeness (QED) is 0.494. The molecule has 4 nitrogen and oxygen atoms in total. The van der Waals surface area contributed by atoms with Gasteiger partial charge in [-0.3, -0.25) is 10.0 Å². The number of hydrogen-bond donors (Lipinski definition) is 2. The maximum atomic E-state index is 11.5. The van der Waals surface area contributed by atoms with Gasteiger partial charge in [-0.25, -0.2) is 5.06 Å². The van der Waals surface area contributed by atoms with Crippen molar-refractivity contribution < 1.29 is 10.0 Å². The van der Waals surface area contributed by atoms with Gasteiger partial charge in [0, 0.05) is 18.5 Å². The summed E-state index contributed by atoms with van der Waals surface area (Å²) < 4.78 is 0. The Morgan fingerprint density at radius 3 is 2.46 bits per heavy atom. The van der Waals surface area contributed by atoms with E-state index in [2.05, 4.69) is 0 Å². The van der Waals surface area contributed by atoms with Crippen LogP contribution in [0.3, 0.4) is 0 Å². The third-order valence-corrected chi connectivity index (χ3v) is 2.68. The molecule has 1 aliphatic rings. The maximum Gasteiger partial charge on any atom is 0.249 e. The van der Waals surface area contributed by atoms with Crippen molar-refractivity contribution in [1.82, 2.24) is 5.06 Å². The van der Waals surface area contributed by atoms with E-state index in [0.29, 0.717) is 6.54 Å². The van der Waals surface area contributed by atoms with E-state index in [4.69, 9.17) is 5.73 Å². The second-order valence-electron chi connectivity index (χ2n) is 3.67.